The molecule has 37 heavy (non-hydrogen) atoms. The van der Waals surface area contributed by atoms with E-state index in [1.165, 1.54) is 22.2 Å². The van der Waals surface area contributed by atoms with Crippen molar-refractivity contribution in [1.82, 2.24) is 0 Å². The van der Waals surface area contributed by atoms with Crippen molar-refractivity contribution in [3.05, 3.63) is 60.7 Å². The molecule has 0 spiro atoms. The zero-order valence-corrected chi connectivity index (χ0v) is 28.1. The van der Waals surface area contributed by atoms with E-state index in [0.717, 1.165) is 24.2 Å². The molecule has 0 bridgehead atoms. The Bertz CT molecular complexity index is 854. The summed E-state index contributed by atoms with van der Waals surface area (Å²) in [6.07, 6.45) is 5.95. The van der Waals surface area contributed by atoms with Crippen molar-refractivity contribution < 1.29 is 9.59 Å². The van der Waals surface area contributed by atoms with Crippen LogP contribution in [0.4, 0.5) is 0 Å². The summed E-state index contributed by atoms with van der Waals surface area (Å²) in [5.74, 6) is 1.23. The zero-order valence-electron chi connectivity index (χ0n) is 24.3. The molecule has 0 N–H and O–H groups in total. The molecule has 0 saturated heterocycles. The summed E-state index contributed by atoms with van der Waals surface area (Å²) in [4.78, 5) is 26.4. The first-order chi connectivity index (χ1) is 17.4. The molecule has 0 fully saturated rings. The Morgan fingerprint density at radius 3 is 1.62 bits per heavy atom. The van der Waals surface area contributed by atoms with Crippen LogP contribution in [0.1, 0.15) is 87.5 Å². The predicted molar refractivity (Wildman–Crippen MR) is 175 cm³/mol. The summed E-state index contributed by atoms with van der Waals surface area (Å²) < 4.78 is 1.31. The third-order valence-corrected chi connectivity index (χ3v) is 8.36. The maximum absolute atomic E-state index is 12.5. The molecule has 0 amide bonds. The predicted octanol–water partition coefficient (Wildman–Crippen LogP) is 10.6. The van der Waals surface area contributed by atoms with Crippen LogP contribution in [0.5, 0.6) is 0 Å². The van der Waals surface area contributed by atoms with E-state index < -0.39 is 0 Å². The zero-order chi connectivity index (χ0) is 28.3. The molecule has 0 saturated carbocycles. The van der Waals surface area contributed by atoms with Gasteiger partial charge in [-0.3, -0.25) is 9.59 Å². The SMILES string of the molecule is CC(C)(C)C(=O)CSc1ccccc1.CCCCC(Sc1ccccc1)C(=O)C(C)(C)C.CCCCI. The van der Waals surface area contributed by atoms with Gasteiger partial charge in [0.15, 0.2) is 5.78 Å². The Kier molecular flexibility index (Phi) is 19.7. The highest BCUT2D eigenvalue weighted by Crippen LogP contribution is 2.32. The van der Waals surface area contributed by atoms with Crippen LogP contribution in [0, 0.1) is 10.8 Å². The largest absolute Gasteiger partial charge is 0.298 e. The number of benzene rings is 2. The highest BCUT2D eigenvalue weighted by atomic mass is 127. The second-order valence-corrected chi connectivity index (χ2v) is 14.4. The first-order valence-electron chi connectivity index (χ1n) is 13.4. The van der Waals surface area contributed by atoms with Crippen LogP contribution >= 0.6 is 46.1 Å². The molecule has 5 heteroatoms. The highest BCUT2D eigenvalue weighted by Gasteiger charge is 2.29. The van der Waals surface area contributed by atoms with Crippen molar-refractivity contribution >= 4 is 57.7 Å². The van der Waals surface area contributed by atoms with Gasteiger partial charge in [-0.25, -0.2) is 0 Å². The average Bonchev–Trinajstić information content (AvgIpc) is 2.86. The number of unbranched alkanes of at least 4 members (excludes halogenated alkanes) is 2. The molecule has 2 nitrogen and oxygen atoms in total. The van der Waals surface area contributed by atoms with Gasteiger partial charge in [0.1, 0.15) is 5.78 Å². The number of carbonyl (C=O) groups excluding carboxylic acids is 2. The molecule has 208 valence electrons. The molecule has 1 atom stereocenters. The molecular formula is C32H49IO2S2. The quantitative estimate of drug-likeness (QED) is 0.137. The molecule has 0 aliphatic rings. The van der Waals surface area contributed by atoms with Crippen LogP contribution < -0.4 is 0 Å². The number of ketones is 2. The number of halogens is 1. The summed E-state index contributed by atoms with van der Waals surface area (Å²) in [5, 5.41) is 0.0901. The lowest BCUT2D eigenvalue weighted by atomic mass is 9.87. The Morgan fingerprint density at radius 2 is 1.24 bits per heavy atom. The van der Waals surface area contributed by atoms with Gasteiger partial charge < -0.3 is 0 Å². The topological polar surface area (TPSA) is 34.1 Å². The Hall–Kier alpha value is -0.790. The van der Waals surface area contributed by atoms with Crippen molar-refractivity contribution in [3.63, 3.8) is 0 Å². The molecule has 1 unspecified atom stereocenters. The number of carbonyl (C=O) groups is 2. The number of Topliss-reactive ketones (excluding diaryl/α,β-unsaturated/α-hetero) is 2. The smallest absolute Gasteiger partial charge is 0.151 e. The van der Waals surface area contributed by atoms with Crippen LogP contribution in [0.2, 0.25) is 0 Å². The molecular weight excluding hydrogens is 607 g/mol. The maximum atomic E-state index is 12.5. The van der Waals surface area contributed by atoms with E-state index in [-0.39, 0.29) is 16.1 Å². The molecule has 0 aliphatic heterocycles. The molecule has 0 aromatic heterocycles. The molecule has 2 aromatic rings. The Morgan fingerprint density at radius 1 is 0.757 bits per heavy atom. The molecule has 2 aromatic carbocycles. The fourth-order valence-electron chi connectivity index (χ4n) is 2.80. The summed E-state index contributed by atoms with van der Waals surface area (Å²) >= 11 is 5.71. The van der Waals surface area contributed by atoms with Crippen LogP contribution in [-0.2, 0) is 9.59 Å². The van der Waals surface area contributed by atoms with Crippen LogP contribution in [-0.4, -0.2) is 27.0 Å². The van der Waals surface area contributed by atoms with Crippen molar-refractivity contribution in [1.29, 1.82) is 0 Å². The molecule has 0 aliphatic carbocycles. The first kappa shape index (κ1) is 36.2. The summed E-state index contributed by atoms with van der Waals surface area (Å²) in [6.45, 7) is 16.3. The average molecular weight is 657 g/mol. The van der Waals surface area contributed by atoms with Crippen LogP contribution in [0.15, 0.2) is 70.5 Å². The third kappa shape index (κ3) is 18.2. The van der Waals surface area contributed by atoms with Gasteiger partial charge in [0.2, 0.25) is 0 Å². The minimum atomic E-state index is -0.250. The fourth-order valence-corrected chi connectivity index (χ4v) is 6.03. The van der Waals surface area contributed by atoms with Gasteiger partial charge in [-0.05, 0) is 41.5 Å². The lowest BCUT2D eigenvalue weighted by Crippen LogP contribution is -2.30. The normalized spacial score (nSPS) is 11.9. The van der Waals surface area contributed by atoms with E-state index in [9.17, 15) is 9.59 Å². The van der Waals surface area contributed by atoms with E-state index in [0.29, 0.717) is 17.3 Å². The minimum Gasteiger partial charge on any atom is -0.298 e. The monoisotopic (exact) mass is 656 g/mol. The Labute approximate surface area is 250 Å². The van der Waals surface area contributed by atoms with Gasteiger partial charge in [0.05, 0.1) is 11.0 Å². The van der Waals surface area contributed by atoms with Gasteiger partial charge >= 0.3 is 0 Å². The molecule has 0 heterocycles. The van der Waals surface area contributed by atoms with Gasteiger partial charge in [-0.2, -0.15) is 0 Å². The lowest BCUT2D eigenvalue weighted by Gasteiger charge is -2.24. The standard InChI is InChI=1S/C16H24OS.C12H16OS.C4H9I/c1-5-6-12-14(15(17)16(2,3)4)18-13-10-8-7-9-11-13;1-12(2,3)11(13)9-14-10-7-5-4-6-8-10;1-2-3-4-5/h7-11,14H,5-6,12H2,1-4H3;4-8H,9H2,1-3H3;2-4H2,1H3. The van der Waals surface area contributed by atoms with Crippen molar-refractivity contribution in [2.75, 3.05) is 10.2 Å². The first-order valence-corrected chi connectivity index (χ1v) is 16.8. The second kappa shape index (κ2) is 20.2. The fraction of sp³-hybridized carbons (Fsp3) is 0.562. The third-order valence-electron chi connectivity index (χ3n) is 5.31. The second-order valence-electron chi connectivity index (χ2n) is 11.0. The van der Waals surface area contributed by atoms with E-state index in [2.05, 4.69) is 48.6 Å². The van der Waals surface area contributed by atoms with Crippen molar-refractivity contribution in [2.45, 2.75) is 103 Å². The van der Waals surface area contributed by atoms with E-state index >= 15 is 0 Å². The number of alkyl halides is 1. The van der Waals surface area contributed by atoms with Gasteiger partial charge in [-0.1, -0.05) is 134 Å². The summed E-state index contributed by atoms with van der Waals surface area (Å²) in [7, 11) is 0. The number of thioether (sulfide) groups is 2. The number of rotatable bonds is 11. The number of hydrogen-bond donors (Lipinski definition) is 0. The maximum Gasteiger partial charge on any atom is 0.151 e. The highest BCUT2D eigenvalue weighted by molar-refractivity contribution is 14.1. The van der Waals surface area contributed by atoms with E-state index in [1.54, 1.807) is 23.5 Å². The molecule has 2 rings (SSSR count). The number of hydrogen-bond acceptors (Lipinski definition) is 4. The Balaban J connectivity index is 0.000000605. The van der Waals surface area contributed by atoms with Crippen molar-refractivity contribution in [2.24, 2.45) is 10.8 Å². The van der Waals surface area contributed by atoms with Crippen molar-refractivity contribution in [3.8, 4) is 0 Å². The van der Waals surface area contributed by atoms with Gasteiger partial charge in [-0.15, -0.1) is 23.5 Å². The summed E-state index contributed by atoms with van der Waals surface area (Å²) in [5.41, 5.74) is -0.470. The van der Waals surface area contributed by atoms with E-state index in [4.69, 9.17) is 0 Å². The lowest BCUT2D eigenvalue weighted by molar-refractivity contribution is -0.126. The van der Waals surface area contributed by atoms with Crippen LogP contribution in [0.3, 0.4) is 0 Å². The minimum absolute atomic E-state index is 0.0901. The van der Waals surface area contributed by atoms with Gasteiger partial charge in [0.25, 0.3) is 0 Å². The van der Waals surface area contributed by atoms with Gasteiger partial charge in [0, 0.05) is 20.6 Å². The summed E-state index contributed by atoms with van der Waals surface area (Å²) in [6, 6.07) is 20.3. The van der Waals surface area contributed by atoms with E-state index in [1.807, 2.05) is 90.1 Å². The molecule has 0 radical (unpaired) electrons. The van der Waals surface area contributed by atoms with Crippen LogP contribution in [0.25, 0.3) is 0 Å².